The fourth-order valence-electron chi connectivity index (χ4n) is 4.83. The predicted octanol–water partition coefficient (Wildman–Crippen LogP) is 6.23. The summed E-state index contributed by atoms with van der Waals surface area (Å²) in [5.41, 5.74) is 5.41. The van der Waals surface area contributed by atoms with Gasteiger partial charge in [0, 0.05) is 23.6 Å². The van der Waals surface area contributed by atoms with E-state index in [9.17, 15) is 4.79 Å². The van der Waals surface area contributed by atoms with Gasteiger partial charge in [-0.25, -0.2) is 0 Å². The maximum atomic E-state index is 13.6. The van der Waals surface area contributed by atoms with Crippen molar-refractivity contribution >= 4 is 22.4 Å². The zero-order valence-corrected chi connectivity index (χ0v) is 19.2. The minimum Gasteiger partial charge on any atom is -0.497 e. The average Bonchev–Trinajstić information content (AvgIpc) is 2.86. The molecule has 0 N–H and O–H groups in total. The lowest BCUT2D eigenvalue weighted by Crippen LogP contribution is -2.36. The third-order valence-electron chi connectivity index (χ3n) is 6.54. The number of hydrogen-bond donors (Lipinski definition) is 0. The van der Waals surface area contributed by atoms with Gasteiger partial charge >= 0.3 is 0 Å². The molecule has 1 atom stereocenters. The van der Waals surface area contributed by atoms with Crippen LogP contribution in [0.1, 0.15) is 34.6 Å². The van der Waals surface area contributed by atoms with Crippen LogP contribution in [0, 0.1) is 6.92 Å². The second kappa shape index (κ2) is 8.62. The number of carbonyl (C=O) groups is 1. The molecular formula is C29H27NO3. The number of rotatable bonds is 5. The van der Waals surface area contributed by atoms with Crippen LogP contribution < -0.4 is 14.4 Å². The normalized spacial score (nSPS) is 15.4. The Morgan fingerprint density at radius 2 is 1.70 bits per heavy atom. The standard InChI is InChI=1S/C29H27NO3/c1-19-8-10-20(11-9-19)18-30-26-14-12-21-6-4-5-7-23(21)29(26)25(17-28(30)31)24-16-22(32-2)13-15-27(24)33-3/h4-16,25H,17-18H2,1-3H3. The number of hydrogen-bond acceptors (Lipinski definition) is 3. The van der Waals surface area contributed by atoms with E-state index in [4.69, 9.17) is 9.47 Å². The monoisotopic (exact) mass is 437 g/mol. The summed E-state index contributed by atoms with van der Waals surface area (Å²) in [6, 6.07) is 26.8. The quantitative estimate of drug-likeness (QED) is 0.371. The lowest BCUT2D eigenvalue weighted by molar-refractivity contribution is -0.119. The highest BCUT2D eigenvalue weighted by Crippen LogP contribution is 2.47. The molecule has 0 spiro atoms. The minimum atomic E-state index is -0.127. The Labute approximate surface area is 194 Å². The lowest BCUT2D eigenvalue weighted by atomic mass is 9.80. The molecule has 0 saturated carbocycles. The summed E-state index contributed by atoms with van der Waals surface area (Å²) in [4.78, 5) is 15.5. The largest absolute Gasteiger partial charge is 0.497 e. The van der Waals surface area contributed by atoms with Crippen LogP contribution in [0.25, 0.3) is 10.8 Å². The topological polar surface area (TPSA) is 38.8 Å². The van der Waals surface area contributed by atoms with Gasteiger partial charge in [0.25, 0.3) is 0 Å². The summed E-state index contributed by atoms with van der Waals surface area (Å²) >= 11 is 0. The molecule has 33 heavy (non-hydrogen) atoms. The second-order valence-corrected chi connectivity index (χ2v) is 8.55. The van der Waals surface area contributed by atoms with Gasteiger partial charge in [-0.05, 0) is 53.1 Å². The van der Waals surface area contributed by atoms with Gasteiger partial charge in [0.05, 0.1) is 20.8 Å². The minimum absolute atomic E-state index is 0.105. The maximum absolute atomic E-state index is 13.6. The van der Waals surface area contributed by atoms with Crippen molar-refractivity contribution in [2.75, 3.05) is 19.1 Å². The number of amides is 1. The molecule has 0 radical (unpaired) electrons. The van der Waals surface area contributed by atoms with Gasteiger partial charge in [0.1, 0.15) is 11.5 Å². The molecule has 0 fully saturated rings. The van der Waals surface area contributed by atoms with Gasteiger partial charge in [0.15, 0.2) is 0 Å². The van der Waals surface area contributed by atoms with Crippen molar-refractivity contribution in [2.45, 2.75) is 25.8 Å². The molecule has 4 aromatic rings. The van der Waals surface area contributed by atoms with Gasteiger partial charge < -0.3 is 14.4 Å². The van der Waals surface area contributed by atoms with E-state index in [2.05, 4.69) is 61.5 Å². The Balaban J connectivity index is 1.70. The van der Waals surface area contributed by atoms with Crippen molar-refractivity contribution in [1.29, 1.82) is 0 Å². The van der Waals surface area contributed by atoms with Crippen LogP contribution >= 0.6 is 0 Å². The first-order valence-electron chi connectivity index (χ1n) is 11.2. The van der Waals surface area contributed by atoms with Gasteiger partial charge in [0.2, 0.25) is 5.91 Å². The van der Waals surface area contributed by atoms with E-state index in [-0.39, 0.29) is 11.8 Å². The molecule has 4 nitrogen and oxygen atoms in total. The fourth-order valence-corrected chi connectivity index (χ4v) is 4.83. The summed E-state index contributed by atoms with van der Waals surface area (Å²) in [7, 11) is 3.33. The molecule has 1 aliphatic heterocycles. The molecule has 4 heteroatoms. The van der Waals surface area contributed by atoms with Crippen molar-refractivity contribution in [3.8, 4) is 11.5 Å². The average molecular weight is 438 g/mol. The number of nitrogens with zero attached hydrogens (tertiary/aromatic N) is 1. The molecule has 0 saturated heterocycles. The zero-order valence-electron chi connectivity index (χ0n) is 19.2. The first-order valence-corrected chi connectivity index (χ1v) is 11.2. The Bertz CT molecular complexity index is 1330. The van der Waals surface area contributed by atoms with E-state index < -0.39 is 0 Å². The van der Waals surface area contributed by atoms with E-state index in [1.807, 2.05) is 29.2 Å². The van der Waals surface area contributed by atoms with Crippen molar-refractivity contribution in [3.63, 3.8) is 0 Å². The first kappa shape index (κ1) is 21.1. The van der Waals surface area contributed by atoms with Crippen LogP contribution in [0.4, 0.5) is 5.69 Å². The summed E-state index contributed by atoms with van der Waals surface area (Å²) in [6.07, 6.45) is 0.371. The molecule has 0 aliphatic carbocycles. The second-order valence-electron chi connectivity index (χ2n) is 8.55. The fraction of sp³-hybridized carbons (Fsp3) is 0.207. The van der Waals surface area contributed by atoms with Crippen molar-refractivity contribution in [2.24, 2.45) is 0 Å². The van der Waals surface area contributed by atoms with Crippen LogP contribution in [0.5, 0.6) is 11.5 Å². The molecule has 1 unspecified atom stereocenters. The van der Waals surface area contributed by atoms with Crippen molar-refractivity contribution < 1.29 is 14.3 Å². The number of anilines is 1. The van der Waals surface area contributed by atoms with Crippen LogP contribution in [0.2, 0.25) is 0 Å². The Morgan fingerprint density at radius 1 is 0.909 bits per heavy atom. The lowest BCUT2D eigenvalue weighted by Gasteiger charge is -2.36. The van der Waals surface area contributed by atoms with Crippen LogP contribution in [0.15, 0.2) is 78.9 Å². The van der Waals surface area contributed by atoms with Crippen LogP contribution in [-0.4, -0.2) is 20.1 Å². The highest BCUT2D eigenvalue weighted by atomic mass is 16.5. The zero-order chi connectivity index (χ0) is 22.9. The Morgan fingerprint density at radius 3 is 2.45 bits per heavy atom. The molecule has 5 rings (SSSR count). The van der Waals surface area contributed by atoms with Crippen LogP contribution in [0.3, 0.4) is 0 Å². The summed E-state index contributed by atoms with van der Waals surface area (Å²) < 4.78 is 11.2. The number of fused-ring (bicyclic) bond motifs is 3. The summed E-state index contributed by atoms with van der Waals surface area (Å²) in [6.45, 7) is 2.62. The Hall–Kier alpha value is -3.79. The van der Waals surface area contributed by atoms with E-state index in [1.165, 1.54) is 5.56 Å². The number of carbonyl (C=O) groups excluding carboxylic acids is 1. The first-order chi connectivity index (χ1) is 16.1. The van der Waals surface area contributed by atoms with Crippen molar-refractivity contribution in [3.05, 3.63) is 101 Å². The number of ether oxygens (including phenoxy) is 2. The van der Waals surface area contributed by atoms with Crippen LogP contribution in [-0.2, 0) is 11.3 Å². The number of methoxy groups -OCH3 is 2. The summed E-state index contributed by atoms with van der Waals surface area (Å²) in [5.74, 6) is 1.49. The van der Waals surface area contributed by atoms with E-state index in [0.717, 1.165) is 44.6 Å². The molecule has 1 amide bonds. The van der Waals surface area contributed by atoms with Gasteiger partial charge in [-0.3, -0.25) is 4.79 Å². The predicted molar refractivity (Wildman–Crippen MR) is 132 cm³/mol. The molecule has 1 heterocycles. The number of benzene rings is 4. The molecule has 166 valence electrons. The van der Waals surface area contributed by atoms with E-state index >= 15 is 0 Å². The molecule has 1 aliphatic rings. The summed E-state index contributed by atoms with van der Waals surface area (Å²) in [5, 5.41) is 2.32. The van der Waals surface area contributed by atoms with Gasteiger partial charge in [-0.15, -0.1) is 0 Å². The number of aryl methyl sites for hydroxylation is 1. The van der Waals surface area contributed by atoms with E-state index in [0.29, 0.717) is 13.0 Å². The maximum Gasteiger partial charge on any atom is 0.228 e. The third kappa shape index (κ3) is 3.82. The SMILES string of the molecule is COc1ccc(OC)c(C2CC(=O)N(Cc3ccc(C)cc3)c3ccc4ccccc4c32)c1. The highest BCUT2D eigenvalue weighted by Gasteiger charge is 2.35. The van der Waals surface area contributed by atoms with E-state index in [1.54, 1.807) is 14.2 Å². The Kier molecular flexibility index (Phi) is 5.51. The van der Waals surface area contributed by atoms with Crippen molar-refractivity contribution in [1.82, 2.24) is 0 Å². The third-order valence-corrected chi connectivity index (χ3v) is 6.54. The van der Waals surface area contributed by atoms with Gasteiger partial charge in [-0.1, -0.05) is 60.2 Å². The molecular weight excluding hydrogens is 410 g/mol. The smallest absolute Gasteiger partial charge is 0.228 e. The highest BCUT2D eigenvalue weighted by molar-refractivity contribution is 6.03. The molecule has 0 bridgehead atoms. The van der Waals surface area contributed by atoms with Gasteiger partial charge in [-0.2, -0.15) is 0 Å². The molecule has 4 aromatic carbocycles. The molecule has 0 aromatic heterocycles.